The molecule has 0 saturated carbocycles. The first-order chi connectivity index (χ1) is 11.4. The van der Waals surface area contributed by atoms with Crippen LogP contribution in [0.5, 0.6) is 11.5 Å². The summed E-state index contributed by atoms with van der Waals surface area (Å²) in [5, 5.41) is 0. The summed E-state index contributed by atoms with van der Waals surface area (Å²) in [4.78, 5) is 0.00334. The van der Waals surface area contributed by atoms with Crippen molar-refractivity contribution >= 4 is 32.9 Å². The van der Waals surface area contributed by atoms with Crippen molar-refractivity contribution in [2.45, 2.75) is 30.8 Å². The fraction of sp³-hybridized carbons (Fsp3) is 0.250. The third-order valence-electron chi connectivity index (χ3n) is 3.77. The van der Waals surface area contributed by atoms with E-state index in [2.05, 4.69) is 8.75 Å². The summed E-state index contributed by atoms with van der Waals surface area (Å²) >= 11 is 0.965. The molecule has 124 valence electrons. The maximum absolute atomic E-state index is 12.7. The van der Waals surface area contributed by atoms with Gasteiger partial charge in [-0.05, 0) is 32.0 Å². The van der Waals surface area contributed by atoms with Gasteiger partial charge in [-0.2, -0.15) is 17.2 Å². The van der Waals surface area contributed by atoms with Gasteiger partial charge in [-0.15, -0.1) is 0 Å². The molecule has 8 heteroatoms. The molecule has 0 radical (unpaired) electrons. The number of nitrogens with zero attached hydrogens (tertiary/aromatic N) is 2. The molecule has 0 amide bonds. The van der Waals surface area contributed by atoms with E-state index in [9.17, 15) is 8.42 Å². The van der Waals surface area contributed by atoms with Gasteiger partial charge >= 0.3 is 10.1 Å². The summed E-state index contributed by atoms with van der Waals surface area (Å²) in [6.45, 7) is 3.90. The van der Waals surface area contributed by atoms with Gasteiger partial charge in [-0.25, -0.2) is 0 Å². The predicted molar refractivity (Wildman–Crippen MR) is 90.1 cm³/mol. The lowest BCUT2D eigenvalue weighted by Crippen LogP contribution is -2.24. The zero-order valence-corrected chi connectivity index (χ0v) is 14.6. The van der Waals surface area contributed by atoms with Crippen LogP contribution in [0.25, 0.3) is 11.0 Å². The van der Waals surface area contributed by atoms with Gasteiger partial charge in [-0.3, -0.25) is 0 Å². The lowest BCUT2D eigenvalue weighted by atomic mass is 10.0. The minimum Gasteiger partial charge on any atom is -0.483 e. The van der Waals surface area contributed by atoms with Crippen molar-refractivity contribution in [3.05, 3.63) is 42.0 Å². The van der Waals surface area contributed by atoms with E-state index in [1.807, 2.05) is 19.9 Å². The molecule has 0 fully saturated rings. The third kappa shape index (κ3) is 2.51. The van der Waals surface area contributed by atoms with Crippen LogP contribution in [-0.4, -0.2) is 22.8 Å². The Kier molecular flexibility index (Phi) is 3.29. The van der Waals surface area contributed by atoms with E-state index in [1.54, 1.807) is 24.3 Å². The lowest BCUT2D eigenvalue weighted by molar-refractivity contribution is 0.136. The molecule has 2 heterocycles. The van der Waals surface area contributed by atoms with Crippen LogP contribution < -0.4 is 8.92 Å². The van der Waals surface area contributed by atoms with Gasteiger partial charge in [0.05, 0.1) is 11.7 Å². The maximum Gasteiger partial charge on any atom is 0.341 e. The summed E-state index contributed by atoms with van der Waals surface area (Å²) in [6.07, 6.45) is 0.700. The molecule has 0 N–H and O–H groups in total. The first kappa shape index (κ1) is 15.3. The average Bonchev–Trinajstić information content (AvgIpc) is 3.09. The fourth-order valence-corrected chi connectivity index (χ4v) is 4.50. The quantitative estimate of drug-likeness (QED) is 0.666. The number of rotatable bonds is 3. The number of hydrogen-bond acceptors (Lipinski definition) is 7. The van der Waals surface area contributed by atoms with Gasteiger partial charge in [0.2, 0.25) is 0 Å². The van der Waals surface area contributed by atoms with Gasteiger partial charge in [0.1, 0.15) is 21.5 Å². The Labute approximate surface area is 143 Å². The molecule has 0 bridgehead atoms. The van der Waals surface area contributed by atoms with Crippen LogP contribution in [0.3, 0.4) is 0 Å². The van der Waals surface area contributed by atoms with Crippen LogP contribution in [0, 0.1) is 0 Å². The van der Waals surface area contributed by atoms with Gasteiger partial charge in [0.25, 0.3) is 0 Å². The van der Waals surface area contributed by atoms with Crippen molar-refractivity contribution in [1.29, 1.82) is 0 Å². The molecule has 0 spiro atoms. The predicted octanol–water partition coefficient (Wildman–Crippen LogP) is 3.17. The molecule has 24 heavy (non-hydrogen) atoms. The van der Waals surface area contributed by atoms with Gasteiger partial charge in [0, 0.05) is 12.0 Å². The molecule has 2 aromatic carbocycles. The topological polar surface area (TPSA) is 78.4 Å². The van der Waals surface area contributed by atoms with Crippen LogP contribution in [0.2, 0.25) is 0 Å². The molecule has 0 atom stereocenters. The van der Waals surface area contributed by atoms with Crippen molar-refractivity contribution in [1.82, 2.24) is 8.75 Å². The Bertz CT molecular complexity index is 1040. The Hall–Kier alpha value is -2.19. The third-order valence-corrected chi connectivity index (χ3v) is 5.58. The van der Waals surface area contributed by atoms with E-state index < -0.39 is 10.1 Å². The molecule has 0 unspecified atom stereocenters. The Balaban J connectivity index is 1.77. The molecule has 1 aliphatic rings. The number of para-hydroxylation sites is 1. The highest BCUT2D eigenvalue weighted by atomic mass is 32.2. The molecule has 4 rings (SSSR count). The zero-order chi connectivity index (χ0) is 16.9. The minimum atomic E-state index is -4.04. The number of fused-ring (bicyclic) bond motifs is 2. The van der Waals surface area contributed by atoms with Gasteiger partial charge in [0.15, 0.2) is 11.5 Å². The second-order valence-electron chi connectivity index (χ2n) is 6.21. The molecule has 1 aromatic heterocycles. The highest BCUT2D eigenvalue weighted by Crippen LogP contribution is 2.42. The van der Waals surface area contributed by atoms with E-state index in [1.165, 1.54) is 6.07 Å². The second kappa shape index (κ2) is 5.15. The Morgan fingerprint density at radius 1 is 1.17 bits per heavy atom. The summed E-state index contributed by atoms with van der Waals surface area (Å²) in [6, 6.07) is 10.1. The largest absolute Gasteiger partial charge is 0.483 e. The molecule has 1 aliphatic heterocycles. The molecule has 0 saturated heterocycles. The summed E-state index contributed by atoms with van der Waals surface area (Å²) in [7, 11) is -4.04. The molecular weight excluding hydrogens is 348 g/mol. The highest BCUT2D eigenvalue weighted by molar-refractivity contribution is 7.87. The van der Waals surface area contributed by atoms with Crippen LogP contribution in [0.15, 0.2) is 41.3 Å². The van der Waals surface area contributed by atoms with Crippen LogP contribution in [0.4, 0.5) is 0 Å². The maximum atomic E-state index is 12.7. The van der Waals surface area contributed by atoms with E-state index in [-0.39, 0.29) is 16.2 Å². The van der Waals surface area contributed by atoms with Gasteiger partial charge < -0.3 is 8.92 Å². The van der Waals surface area contributed by atoms with Crippen molar-refractivity contribution in [2.24, 2.45) is 0 Å². The lowest BCUT2D eigenvalue weighted by Gasteiger charge is -2.18. The summed E-state index contributed by atoms with van der Waals surface area (Å²) < 4.78 is 44.8. The monoisotopic (exact) mass is 362 g/mol. The van der Waals surface area contributed by atoms with Gasteiger partial charge in [-0.1, -0.05) is 18.2 Å². The minimum absolute atomic E-state index is 0.00334. The standard InChI is InChI=1S/C16H14N2O4S2/c1-16(2)9-10-5-3-7-12(15(10)21-16)22-24(19,20)13-8-4-6-11-14(13)18-23-17-11/h3-8H,9H2,1-2H3. The zero-order valence-electron chi connectivity index (χ0n) is 13.0. The summed E-state index contributed by atoms with van der Waals surface area (Å²) in [5.74, 6) is 0.674. The van der Waals surface area contributed by atoms with Crippen LogP contribution >= 0.6 is 11.7 Å². The van der Waals surface area contributed by atoms with Crippen molar-refractivity contribution in [3.63, 3.8) is 0 Å². The summed E-state index contributed by atoms with van der Waals surface area (Å²) in [5.41, 5.74) is 1.39. The van der Waals surface area contributed by atoms with Crippen molar-refractivity contribution in [2.75, 3.05) is 0 Å². The van der Waals surface area contributed by atoms with E-state index in [0.717, 1.165) is 17.3 Å². The average molecular weight is 362 g/mol. The fourth-order valence-electron chi connectivity index (χ4n) is 2.80. The highest BCUT2D eigenvalue weighted by Gasteiger charge is 2.34. The number of benzene rings is 2. The van der Waals surface area contributed by atoms with E-state index >= 15 is 0 Å². The molecule has 0 aliphatic carbocycles. The molecule has 3 aromatic rings. The number of ether oxygens (including phenoxy) is 1. The van der Waals surface area contributed by atoms with Crippen LogP contribution in [0.1, 0.15) is 19.4 Å². The Morgan fingerprint density at radius 2 is 1.96 bits per heavy atom. The molecule has 6 nitrogen and oxygen atoms in total. The van der Waals surface area contributed by atoms with E-state index in [0.29, 0.717) is 23.2 Å². The SMILES string of the molecule is CC1(C)Cc2cccc(OS(=O)(=O)c3cccc4nsnc34)c2O1. The first-order valence-electron chi connectivity index (χ1n) is 7.32. The number of aromatic nitrogens is 2. The van der Waals surface area contributed by atoms with Crippen LogP contribution in [-0.2, 0) is 16.5 Å². The smallest absolute Gasteiger partial charge is 0.341 e. The Morgan fingerprint density at radius 3 is 2.79 bits per heavy atom. The second-order valence-corrected chi connectivity index (χ2v) is 8.25. The number of hydrogen-bond donors (Lipinski definition) is 0. The van der Waals surface area contributed by atoms with E-state index in [4.69, 9.17) is 8.92 Å². The van der Waals surface area contributed by atoms with Crippen molar-refractivity contribution in [3.8, 4) is 11.5 Å². The molecular formula is C16H14N2O4S2. The van der Waals surface area contributed by atoms with Crippen molar-refractivity contribution < 1.29 is 17.3 Å². The normalized spacial score (nSPS) is 15.9. The first-order valence-corrected chi connectivity index (χ1v) is 9.46.